The lowest BCUT2D eigenvalue weighted by Gasteiger charge is -2.18. The summed E-state index contributed by atoms with van der Waals surface area (Å²) < 4.78 is 5.31. The zero-order valence-electron chi connectivity index (χ0n) is 15.9. The first-order valence-electron chi connectivity index (χ1n) is 9.26. The van der Waals surface area contributed by atoms with Gasteiger partial charge in [0.05, 0.1) is 12.4 Å². The Labute approximate surface area is 174 Å². The molecule has 3 aromatic rings. The largest absolute Gasteiger partial charge is 0.478 e. The molecule has 0 aliphatic heterocycles. The smallest absolute Gasteiger partial charge is 0.339 e. The van der Waals surface area contributed by atoms with Crippen molar-refractivity contribution in [1.29, 1.82) is 0 Å². The van der Waals surface area contributed by atoms with Crippen molar-refractivity contribution in [2.24, 2.45) is 0 Å². The number of carboxylic acid groups (broad SMARTS) is 1. The lowest BCUT2D eigenvalue weighted by Crippen LogP contribution is -2.35. The molecule has 0 aliphatic rings. The molecular formula is C22H23ClN2O4. The zero-order chi connectivity index (χ0) is 20.8. The molecule has 0 fully saturated rings. The fourth-order valence-corrected chi connectivity index (χ4v) is 3.13. The first-order valence-corrected chi connectivity index (χ1v) is 9.64. The second-order valence-electron chi connectivity index (χ2n) is 6.81. The standard InChI is InChI=1S/C22H23ClN2O4/c1-14(24-13-20(26)16-3-2-4-17(23)11-16)12-25-18-7-5-15(6-8-18)21-19(22(27)28)9-10-29-21/h2-11,14,20,24-26H,12-13H2,1H3,(H,27,28). The fraction of sp³-hybridized carbons (Fsp3) is 0.227. The van der Waals surface area contributed by atoms with Crippen LogP contribution in [0.5, 0.6) is 0 Å². The predicted molar refractivity (Wildman–Crippen MR) is 113 cm³/mol. The minimum Gasteiger partial charge on any atom is -0.478 e. The Hall–Kier alpha value is -2.80. The number of halogens is 1. The Morgan fingerprint density at radius 3 is 2.59 bits per heavy atom. The quantitative estimate of drug-likeness (QED) is 0.414. The molecule has 0 amide bonds. The molecule has 0 aliphatic carbocycles. The topological polar surface area (TPSA) is 94.7 Å². The maximum Gasteiger partial charge on any atom is 0.339 e. The number of hydrogen-bond donors (Lipinski definition) is 4. The summed E-state index contributed by atoms with van der Waals surface area (Å²) in [6.07, 6.45) is 0.739. The highest BCUT2D eigenvalue weighted by Crippen LogP contribution is 2.26. The van der Waals surface area contributed by atoms with Gasteiger partial charge in [-0.15, -0.1) is 0 Å². The summed E-state index contributed by atoms with van der Waals surface area (Å²) in [5.74, 6) is -0.676. The van der Waals surface area contributed by atoms with E-state index in [1.165, 1.54) is 12.3 Å². The van der Waals surface area contributed by atoms with Gasteiger partial charge in [0.1, 0.15) is 11.3 Å². The number of hydrogen-bond acceptors (Lipinski definition) is 5. The van der Waals surface area contributed by atoms with Gasteiger partial charge in [-0.2, -0.15) is 0 Å². The maximum absolute atomic E-state index is 11.2. The molecule has 6 nitrogen and oxygen atoms in total. The Bertz CT molecular complexity index is 955. The summed E-state index contributed by atoms with van der Waals surface area (Å²) in [4.78, 5) is 11.2. The summed E-state index contributed by atoms with van der Waals surface area (Å²) in [5, 5.41) is 26.7. The van der Waals surface area contributed by atoms with Gasteiger partial charge in [-0.05, 0) is 55.0 Å². The Morgan fingerprint density at radius 2 is 1.90 bits per heavy atom. The molecule has 0 spiro atoms. The zero-order valence-corrected chi connectivity index (χ0v) is 16.7. The number of carboxylic acids is 1. The third-order valence-electron chi connectivity index (χ3n) is 4.55. The molecule has 0 saturated heterocycles. The van der Waals surface area contributed by atoms with E-state index in [1.807, 2.05) is 43.3 Å². The lowest BCUT2D eigenvalue weighted by molar-refractivity contribution is 0.0697. The number of carbonyl (C=O) groups is 1. The van der Waals surface area contributed by atoms with Crippen molar-refractivity contribution in [3.8, 4) is 11.3 Å². The number of anilines is 1. The van der Waals surface area contributed by atoms with Crippen molar-refractivity contribution >= 4 is 23.3 Å². The number of rotatable bonds is 9. The van der Waals surface area contributed by atoms with Crippen LogP contribution in [-0.2, 0) is 0 Å². The van der Waals surface area contributed by atoms with E-state index in [4.69, 9.17) is 16.0 Å². The Morgan fingerprint density at radius 1 is 1.14 bits per heavy atom. The molecule has 0 radical (unpaired) electrons. The van der Waals surface area contributed by atoms with E-state index in [1.54, 1.807) is 12.1 Å². The average molecular weight is 415 g/mol. The van der Waals surface area contributed by atoms with Gasteiger partial charge in [0, 0.05) is 35.4 Å². The summed E-state index contributed by atoms with van der Waals surface area (Å²) >= 11 is 5.96. The molecular weight excluding hydrogens is 392 g/mol. The lowest BCUT2D eigenvalue weighted by atomic mass is 10.1. The van der Waals surface area contributed by atoms with Crippen LogP contribution < -0.4 is 10.6 Å². The van der Waals surface area contributed by atoms with E-state index >= 15 is 0 Å². The SMILES string of the molecule is CC(CNc1ccc(-c2occc2C(=O)O)cc1)NCC(O)c1cccc(Cl)c1. The van der Waals surface area contributed by atoms with Crippen LogP contribution in [0, 0.1) is 0 Å². The number of aliphatic hydroxyl groups is 1. The molecule has 0 bridgehead atoms. The summed E-state index contributed by atoms with van der Waals surface area (Å²) in [6.45, 7) is 3.09. The molecule has 2 atom stereocenters. The molecule has 29 heavy (non-hydrogen) atoms. The van der Waals surface area contributed by atoms with Gasteiger partial charge in [-0.25, -0.2) is 4.79 Å². The van der Waals surface area contributed by atoms with E-state index in [2.05, 4.69) is 10.6 Å². The van der Waals surface area contributed by atoms with Gasteiger partial charge in [0.15, 0.2) is 0 Å². The summed E-state index contributed by atoms with van der Waals surface area (Å²) in [7, 11) is 0. The van der Waals surface area contributed by atoms with Crippen LogP contribution >= 0.6 is 11.6 Å². The molecule has 1 aromatic heterocycles. The molecule has 2 unspecified atom stereocenters. The van der Waals surface area contributed by atoms with E-state index in [0.29, 0.717) is 29.4 Å². The highest BCUT2D eigenvalue weighted by Gasteiger charge is 2.15. The molecule has 152 valence electrons. The first kappa shape index (κ1) is 20.9. The van der Waals surface area contributed by atoms with Crippen molar-refractivity contribution in [1.82, 2.24) is 5.32 Å². The highest BCUT2D eigenvalue weighted by molar-refractivity contribution is 6.30. The second kappa shape index (κ2) is 9.60. The predicted octanol–water partition coefficient (Wildman–Crippen LogP) is 4.42. The van der Waals surface area contributed by atoms with Gasteiger partial charge in [-0.3, -0.25) is 0 Å². The minimum absolute atomic E-state index is 0.118. The van der Waals surface area contributed by atoms with Crippen molar-refractivity contribution in [3.63, 3.8) is 0 Å². The van der Waals surface area contributed by atoms with Crippen LogP contribution in [0.1, 0.15) is 28.9 Å². The van der Waals surface area contributed by atoms with E-state index in [-0.39, 0.29) is 11.6 Å². The summed E-state index contributed by atoms with van der Waals surface area (Å²) in [6, 6.07) is 16.1. The van der Waals surface area contributed by atoms with Crippen molar-refractivity contribution in [3.05, 3.63) is 77.0 Å². The molecule has 3 rings (SSSR count). The average Bonchev–Trinajstić information content (AvgIpc) is 3.21. The second-order valence-corrected chi connectivity index (χ2v) is 7.24. The van der Waals surface area contributed by atoms with Gasteiger partial charge < -0.3 is 25.3 Å². The molecule has 4 N–H and O–H groups in total. The Kier molecular flexibility index (Phi) is 6.93. The number of aliphatic hydroxyl groups excluding tert-OH is 1. The fourth-order valence-electron chi connectivity index (χ4n) is 2.93. The molecule has 0 saturated carbocycles. The van der Waals surface area contributed by atoms with Crippen LogP contribution in [0.2, 0.25) is 5.02 Å². The first-order chi connectivity index (χ1) is 13.9. The molecule has 2 aromatic carbocycles. The van der Waals surface area contributed by atoms with Crippen molar-refractivity contribution in [2.75, 3.05) is 18.4 Å². The van der Waals surface area contributed by atoms with Crippen molar-refractivity contribution < 1.29 is 19.4 Å². The van der Waals surface area contributed by atoms with Gasteiger partial charge >= 0.3 is 5.97 Å². The van der Waals surface area contributed by atoms with Gasteiger partial charge in [-0.1, -0.05) is 23.7 Å². The maximum atomic E-state index is 11.2. The number of furan rings is 1. The molecule has 7 heteroatoms. The number of benzene rings is 2. The van der Waals surface area contributed by atoms with E-state index in [0.717, 1.165) is 11.3 Å². The van der Waals surface area contributed by atoms with E-state index < -0.39 is 12.1 Å². The monoisotopic (exact) mass is 414 g/mol. The third kappa shape index (κ3) is 5.60. The van der Waals surface area contributed by atoms with Gasteiger partial charge in [0.2, 0.25) is 0 Å². The van der Waals surface area contributed by atoms with Crippen LogP contribution in [0.25, 0.3) is 11.3 Å². The van der Waals surface area contributed by atoms with Crippen LogP contribution in [-0.4, -0.2) is 35.3 Å². The van der Waals surface area contributed by atoms with Crippen LogP contribution in [0.4, 0.5) is 5.69 Å². The number of aromatic carboxylic acids is 1. The van der Waals surface area contributed by atoms with Crippen LogP contribution in [0.3, 0.4) is 0 Å². The molecule has 1 heterocycles. The Balaban J connectivity index is 1.49. The third-order valence-corrected chi connectivity index (χ3v) is 4.78. The van der Waals surface area contributed by atoms with Crippen molar-refractivity contribution in [2.45, 2.75) is 19.1 Å². The van der Waals surface area contributed by atoms with Crippen LogP contribution in [0.15, 0.2) is 65.3 Å². The number of nitrogens with one attached hydrogen (secondary N) is 2. The highest BCUT2D eigenvalue weighted by atomic mass is 35.5. The van der Waals surface area contributed by atoms with E-state index in [9.17, 15) is 15.0 Å². The van der Waals surface area contributed by atoms with Gasteiger partial charge in [0.25, 0.3) is 0 Å². The summed E-state index contributed by atoms with van der Waals surface area (Å²) in [5.41, 5.74) is 2.52. The normalized spacial score (nSPS) is 13.1. The minimum atomic E-state index is -1.02.